The minimum atomic E-state index is 0.287. The smallest absolute Gasteiger partial charge is 0.225 e. The predicted octanol–water partition coefficient (Wildman–Crippen LogP) is 1.34. The quantitative estimate of drug-likeness (QED) is 0.829. The van der Waals surface area contributed by atoms with Gasteiger partial charge in [-0.1, -0.05) is 11.6 Å². The molecule has 4 nitrogen and oxygen atoms in total. The van der Waals surface area contributed by atoms with E-state index >= 15 is 0 Å². The molecule has 0 radical (unpaired) electrons. The van der Waals surface area contributed by atoms with E-state index in [0.717, 1.165) is 31.9 Å². The van der Waals surface area contributed by atoms with Crippen LogP contribution in [0.1, 0.15) is 12.8 Å². The van der Waals surface area contributed by atoms with Crippen LogP contribution in [-0.2, 0) is 0 Å². The van der Waals surface area contributed by atoms with E-state index in [1.165, 1.54) is 0 Å². The van der Waals surface area contributed by atoms with Gasteiger partial charge in [-0.2, -0.15) is 0 Å². The van der Waals surface area contributed by atoms with Crippen molar-refractivity contribution in [2.75, 3.05) is 24.6 Å². The third kappa shape index (κ3) is 2.58. The maximum atomic E-state index is 9.02. The van der Waals surface area contributed by atoms with Crippen LogP contribution in [0.5, 0.6) is 0 Å². The second-order valence-corrected chi connectivity index (χ2v) is 4.25. The maximum absolute atomic E-state index is 9.02. The standard InChI is InChI=1S/C10H14ClN3O/c11-9-5-12-10(13-6-9)14-3-1-8(7-15)2-4-14/h5-6,8,15H,1-4,7H2. The number of rotatable bonds is 2. The van der Waals surface area contributed by atoms with Gasteiger partial charge in [0.1, 0.15) is 0 Å². The molecule has 0 unspecified atom stereocenters. The minimum Gasteiger partial charge on any atom is -0.396 e. The van der Waals surface area contributed by atoms with Crippen molar-refractivity contribution >= 4 is 17.5 Å². The zero-order valence-electron chi connectivity index (χ0n) is 8.43. The molecule has 15 heavy (non-hydrogen) atoms. The van der Waals surface area contributed by atoms with E-state index in [9.17, 15) is 0 Å². The SMILES string of the molecule is OCC1CCN(c2ncc(Cl)cn2)CC1. The van der Waals surface area contributed by atoms with Gasteiger partial charge < -0.3 is 10.0 Å². The van der Waals surface area contributed by atoms with E-state index in [2.05, 4.69) is 14.9 Å². The minimum absolute atomic E-state index is 0.287. The van der Waals surface area contributed by atoms with Crippen molar-refractivity contribution in [1.29, 1.82) is 0 Å². The first kappa shape index (κ1) is 10.6. The van der Waals surface area contributed by atoms with Crippen LogP contribution in [0.3, 0.4) is 0 Å². The molecule has 2 rings (SSSR count). The van der Waals surface area contributed by atoms with E-state index in [1.807, 2.05) is 0 Å². The molecule has 0 saturated carbocycles. The highest BCUT2D eigenvalue weighted by atomic mass is 35.5. The number of aromatic nitrogens is 2. The van der Waals surface area contributed by atoms with Crippen molar-refractivity contribution in [2.45, 2.75) is 12.8 Å². The van der Waals surface area contributed by atoms with Gasteiger partial charge in [0.15, 0.2) is 0 Å². The lowest BCUT2D eigenvalue weighted by Gasteiger charge is -2.30. The molecule has 0 atom stereocenters. The predicted molar refractivity (Wildman–Crippen MR) is 59.1 cm³/mol. The highest BCUT2D eigenvalue weighted by Crippen LogP contribution is 2.20. The highest BCUT2D eigenvalue weighted by Gasteiger charge is 2.19. The first-order valence-electron chi connectivity index (χ1n) is 5.13. The van der Waals surface area contributed by atoms with Crippen molar-refractivity contribution in [3.63, 3.8) is 0 Å². The normalized spacial score (nSPS) is 18.1. The number of nitrogens with zero attached hydrogens (tertiary/aromatic N) is 3. The number of hydrogen-bond acceptors (Lipinski definition) is 4. The lowest BCUT2D eigenvalue weighted by atomic mass is 9.98. The fourth-order valence-corrected chi connectivity index (χ4v) is 1.88. The lowest BCUT2D eigenvalue weighted by Crippen LogP contribution is -2.35. The van der Waals surface area contributed by atoms with Gasteiger partial charge in [-0.3, -0.25) is 0 Å². The van der Waals surface area contributed by atoms with Crippen LogP contribution in [0.4, 0.5) is 5.95 Å². The summed E-state index contributed by atoms with van der Waals surface area (Å²) in [5.41, 5.74) is 0. The summed E-state index contributed by atoms with van der Waals surface area (Å²) in [4.78, 5) is 10.5. The Morgan fingerprint density at radius 3 is 2.47 bits per heavy atom. The van der Waals surface area contributed by atoms with E-state index in [-0.39, 0.29) is 6.61 Å². The Kier molecular flexibility index (Phi) is 3.38. The van der Waals surface area contributed by atoms with Gasteiger partial charge in [0.25, 0.3) is 0 Å². The Hall–Kier alpha value is -0.870. The average Bonchev–Trinajstić information content (AvgIpc) is 2.30. The monoisotopic (exact) mass is 227 g/mol. The molecule has 1 saturated heterocycles. The number of aliphatic hydroxyl groups excluding tert-OH is 1. The van der Waals surface area contributed by atoms with Crippen LogP contribution in [0.2, 0.25) is 5.02 Å². The molecule has 1 N–H and O–H groups in total. The number of aliphatic hydroxyl groups is 1. The largest absolute Gasteiger partial charge is 0.396 e. The molecular formula is C10H14ClN3O. The first-order valence-corrected chi connectivity index (χ1v) is 5.50. The van der Waals surface area contributed by atoms with Crippen LogP contribution in [-0.4, -0.2) is 34.8 Å². The summed E-state index contributed by atoms with van der Waals surface area (Å²) in [7, 11) is 0. The number of anilines is 1. The van der Waals surface area contributed by atoms with Crippen molar-refractivity contribution in [1.82, 2.24) is 9.97 Å². The topological polar surface area (TPSA) is 49.2 Å². The summed E-state index contributed by atoms with van der Waals surface area (Å²) >= 11 is 5.72. The molecule has 2 heterocycles. The summed E-state index contributed by atoms with van der Waals surface area (Å²) in [6.45, 7) is 2.11. The highest BCUT2D eigenvalue weighted by molar-refractivity contribution is 6.30. The van der Waals surface area contributed by atoms with Gasteiger partial charge in [-0.25, -0.2) is 9.97 Å². The van der Waals surface area contributed by atoms with E-state index in [0.29, 0.717) is 10.9 Å². The molecule has 1 aromatic rings. The summed E-state index contributed by atoms with van der Waals surface area (Å²) in [6, 6.07) is 0. The van der Waals surface area contributed by atoms with Gasteiger partial charge >= 0.3 is 0 Å². The molecule has 5 heteroatoms. The van der Waals surface area contributed by atoms with Crippen molar-refractivity contribution < 1.29 is 5.11 Å². The van der Waals surface area contributed by atoms with Gasteiger partial charge in [0, 0.05) is 19.7 Å². The van der Waals surface area contributed by atoms with Gasteiger partial charge in [0.05, 0.1) is 17.4 Å². The third-order valence-electron chi connectivity index (χ3n) is 2.76. The summed E-state index contributed by atoms with van der Waals surface area (Å²) < 4.78 is 0. The maximum Gasteiger partial charge on any atom is 0.225 e. The van der Waals surface area contributed by atoms with Crippen LogP contribution < -0.4 is 4.90 Å². The molecule has 1 aliphatic heterocycles. The fourth-order valence-electron chi connectivity index (χ4n) is 1.78. The summed E-state index contributed by atoms with van der Waals surface area (Å²) in [5.74, 6) is 1.17. The third-order valence-corrected chi connectivity index (χ3v) is 2.96. The molecule has 82 valence electrons. The van der Waals surface area contributed by atoms with E-state index in [4.69, 9.17) is 16.7 Å². The fraction of sp³-hybridized carbons (Fsp3) is 0.600. The van der Waals surface area contributed by atoms with Gasteiger partial charge in [0.2, 0.25) is 5.95 Å². The molecule has 0 bridgehead atoms. The summed E-state index contributed by atoms with van der Waals surface area (Å²) in [5, 5.41) is 9.58. The summed E-state index contributed by atoms with van der Waals surface area (Å²) in [6.07, 6.45) is 5.23. The molecule has 1 aliphatic rings. The number of halogens is 1. The van der Waals surface area contributed by atoms with Crippen molar-refractivity contribution in [3.05, 3.63) is 17.4 Å². The number of hydrogen-bond donors (Lipinski definition) is 1. The van der Waals surface area contributed by atoms with E-state index < -0.39 is 0 Å². The zero-order valence-corrected chi connectivity index (χ0v) is 9.19. The Labute approximate surface area is 93.9 Å². The second-order valence-electron chi connectivity index (χ2n) is 3.81. The van der Waals surface area contributed by atoms with Gasteiger partial charge in [-0.15, -0.1) is 0 Å². The Morgan fingerprint density at radius 1 is 1.33 bits per heavy atom. The first-order chi connectivity index (χ1) is 7.29. The molecule has 0 aliphatic carbocycles. The van der Waals surface area contributed by atoms with Crippen LogP contribution in [0.25, 0.3) is 0 Å². The van der Waals surface area contributed by atoms with Gasteiger partial charge in [-0.05, 0) is 18.8 Å². The molecule has 1 aromatic heterocycles. The van der Waals surface area contributed by atoms with Crippen LogP contribution in [0, 0.1) is 5.92 Å². The van der Waals surface area contributed by atoms with E-state index in [1.54, 1.807) is 12.4 Å². The molecule has 0 spiro atoms. The lowest BCUT2D eigenvalue weighted by molar-refractivity contribution is 0.202. The Bertz CT molecular complexity index is 309. The Morgan fingerprint density at radius 2 is 1.93 bits per heavy atom. The zero-order chi connectivity index (χ0) is 10.7. The van der Waals surface area contributed by atoms with Crippen molar-refractivity contribution in [3.8, 4) is 0 Å². The van der Waals surface area contributed by atoms with Crippen LogP contribution in [0.15, 0.2) is 12.4 Å². The van der Waals surface area contributed by atoms with Crippen LogP contribution >= 0.6 is 11.6 Å². The van der Waals surface area contributed by atoms with Crippen molar-refractivity contribution in [2.24, 2.45) is 5.92 Å². The average molecular weight is 228 g/mol. The molecule has 0 amide bonds. The number of piperidine rings is 1. The Balaban J connectivity index is 1.98. The molecular weight excluding hydrogens is 214 g/mol. The molecule has 0 aromatic carbocycles. The second kappa shape index (κ2) is 4.77. The molecule has 1 fully saturated rings.